The molecule has 0 heterocycles. The largest absolute Gasteiger partial charge is 0.347 e. The maximum absolute atomic E-state index is 12.9. The number of anilines is 1. The number of para-hydroxylation sites is 1. The molecule has 5 nitrogen and oxygen atoms in total. The van der Waals surface area contributed by atoms with Crippen molar-refractivity contribution in [2.24, 2.45) is 5.92 Å². The number of benzene rings is 2. The Balaban J connectivity index is 1.65. The van der Waals surface area contributed by atoms with Crippen molar-refractivity contribution < 1.29 is 9.59 Å². The van der Waals surface area contributed by atoms with E-state index in [1.807, 2.05) is 56.3 Å². The quantitative estimate of drug-likeness (QED) is 0.749. The van der Waals surface area contributed by atoms with Gasteiger partial charge in [-0.25, -0.2) is 4.79 Å². The summed E-state index contributed by atoms with van der Waals surface area (Å²) in [4.78, 5) is 25.2. The minimum atomic E-state index is -0.595. The maximum atomic E-state index is 12.9. The molecule has 3 amide bonds. The van der Waals surface area contributed by atoms with E-state index in [0.29, 0.717) is 5.69 Å². The molecule has 3 rings (SSSR count). The van der Waals surface area contributed by atoms with E-state index in [4.69, 9.17) is 0 Å². The number of urea groups is 1. The van der Waals surface area contributed by atoms with E-state index in [0.717, 1.165) is 19.3 Å². The Kier molecular flexibility index (Phi) is 6.12. The van der Waals surface area contributed by atoms with Crippen LogP contribution in [0.15, 0.2) is 54.6 Å². The highest BCUT2D eigenvalue weighted by Gasteiger charge is 2.28. The van der Waals surface area contributed by atoms with Crippen molar-refractivity contribution in [3.8, 4) is 0 Å². The Morgan fingerprint density at radius 1 is 1.00 bits per heavy atom. The van der Waals surface area contributed by atoms with E-state index in [1.165, 1.54) is 11.1 Å². The van der Waals surface area contributed by atoms with Crippen molar-refractivity contribution in [2.45, 2.75) is 45.2 Å². The van der Waals surface area contributed by atoms with Crippen LogP contribution in [0.4, 0.5) is 10.5 Å². The molecule has 2 aromatic rings. The van der Waals surface area contributed by atoms with Gasteiger partial charge in [0.2, 0.25) is 5.91 Å². The number of amides is 3. The maximum Gasteiger partial charge on any atom is 0.319 e. The lowest BCUT2D eigenvalue weighted by Gasteiger charge is -2.29. The van der Waals surface area contributed by atoms with E-state index >= 15 is 0 Å². The van der Waals surface area contributed by atoms with Crippen LogP contribution in [0.3, 0.4) is 0 Å². The van der Waals surface area contributed by atoms with Crippen LogP contribution in [0.1, 0.15) is 43.9 Å². The van der Waals surface area contributed by atoms with Crippen LogP contribution in [-0.4, -0.2) is 18.0 Å². The van der Waals surface area contributed by atoms with Gasteiger partial charge in [-0.2, -0.15) is 0 Å². The molecule has 0 fully saturated rings. The lowest BCUT2D eigenvalue weighted by molar-refractivity contribution is -0.124. The van der Waals surface area contributed by atoms with Crippen molar-refractivity contribution in [3.05, 3.63) is 65.7 Å². The van der Waals surface area contributed by atoms with Crippen molar-refractivity contribution in [2.75, 3.05) is 5.32 Å². The van der Waals surface area contributed by atoms with Gasteiger partial charge < -0.3 is 16.0 Å². The summed E-state index contributed by atoms with van der Waals surface area (Å²) in [6.07, 6.45) is 3.02. The Morgan fingerprint density at radius 3 is 2.44 bits per heavy atom. The molecule has 27 heavy (non-hydrogen) atoms. The highest BCUT2D eigenvalue weighted by molar-refractivity contribution is 5.93. The normalized spacial score (nSPS) is 16.9. The zero-order valence-electron chi connectivity index (χ0n) is 15.9. The smallest absolute Gasteiger partial charge is 0.319 e. The Labute approximate surface area is 160 Å². The molecule has 0 aliphatic heterocycles. The average molecular weight is 365 g/mol. The molecule has 1 aliphatic carbocycles. The molecule has 1 aliphatic rings. The van der Waals surface area contributed by atoms with Gasteiger partial charge in [-0.1, -0.05) is 56.3 Å². The van der Waals surface area contributed by atoms with Gasteiger partial charge in [0.15, 0.2) is 0 Å². The fraction of sp³-hybridized carbons (Fsp3) is 0.364. The standard InChI is InChI=1S/C22H27N3O2/c1-15(2)20(25-22(27)23-17-11-4-3-5-12-17)21(26)24-19-14-8-10-16-9-6-7-13-18(16)19/h3-7,9,11-13,15,19-20H,8,10,14H2,1-2H3,(H,24,26)(H2,23,25,27). The molecule has 0 aromatic heterocycles. The SMILES string of the molecule is CC(C)C(NC(=O)Nc1ccccc1)C(=O)NC1CCCc2ccccc21. The van der Waals surface area contributed by atoms with Gasteiger partial charge in [0.05, 0.1) is 6.04 Å². The van der Waals surface area contributed by atoms with Crippen LogP contribution in [0, 0.1) is 5.92 Å². The molecule has 0 radical (unpaired) electrons. The fourth-order valence-corrected chi connectivity index (χ4v) is 3.53. The second kappa shape index (κ2) is 8.71. The monoisotopic (exact) mass is 365 g/mol. The third kappa shape index (κ3) is 4.88. The Hall–Kier alpha value is -2.82. The van der Waals surface area contributed by atoms with Gasteiger partial charge in [0.25, 0.3) is 0 Å². The first-order valence-corrected chi connectivity index (χ1v) is 9.55. The lowest BCUT2D eigenvalue weighted by atomic mass is 9.87. The summed E-state index contributed by atoms with van der Waals surface area (Å²) in [5.74, 6) is -0.166. The van der Waals surface area contributed by atoms with Crippen LogP contribution >= 0.6 is 0 Å². The molecule has 2 unspecified atom stereocenters. The molecule has 0 saturated heterocycles. The molecule has 3 N–H and O–H groups in total. The third-order valence-electron chi connectivity index (χ3n) is 4.95. The van der Waals surface area contributed by atoms with Gasteiger partial charge in [-0.05, 0) is 48.4 Å². The minimum absolute atomic E-state index is 0.00249. The van der Waals surface area contributed by atoms with Gasteiger partial charge in [0.1, 0.15) is 6.04 Å². The average Bonchev–Trinajstić information content (AvgIpc) is 2.67. The van der Waals surface area contributed by atoms with Crippen LogP contribution in [0.5, 0.6) is 0 Å². The number of carbonyl (C=O) groups is 2. The topological polar surface area (TPSA) is 70.2 Å². The number of rotatable bonds is 5. The van der Waals surface area contributed by atoms with Gasteiger partial charge >= 0.3 is 6.03 Å². The number of nitrogens with one attached hydrogen (secondary N) is 3. The van der Waals surface area contributed by atoms with Crippen molar-refractivity contribution in [3.63, 3.8) is 0 Å². The molecule has 2 atom stereocenters. The van der Waals surface area contributed by atoms with E-state index in [-0.39, 0.29) is 23.9 Å². The van der Waals surface area contributed by atoms with E-state index < -0.39 is 6.04 Å². The third-order valence-corrected chi connectivity index (χ3v) is 4.95. The van der Waals surface area contributed by atoms with E-state index in [9.17, 15) is 9.59 Å². The van der Waals surface area contributed by atoms with Crippen molar-refractivity contribution >= 4 is 17.6 Å². The molecule has 5 heteroatoms. The first-order chi connectivity index (χ1) is 13.0. The van der Waals surface area contributed by atoms with E-state index in [1.54, 1.807) is 0 Å². The van der Waals surface area contributed by atoms with Gasteiger partial charge in [0, 0.05) is 5.69 Å². The first kappa shape index (κ1) is 19.0. The molecule has 2 aromatic carbocycles. The van der Waals surface area contributed by atoms with Crippen molar-refractivity contribution in [1.29, 1.82) is 0 Å². The van der Waals surface area contributed by atoms with Crippen LogP contribution in [0.25, 0.3) is 0 Å². The summed E-state index contributed by atoms with van der Waals surface area (Å²) in [5.41, 5.74) is 3.18. The highest BCUT2D eigenvalue weighted by atomic mass is 16.2. The number of aryl methyl sites for hydroxylation is 1. The van der Waals surface area contributed by atoms with Crippen LogP contribution in [-0.2, 0) is 11.2 Å². The second-order valence-corrected chi connectivity index (χ2v) is 7.34. The van der Waals surface area contributed by atoms with Gasteiger partial charge in [-0.15, -0.1) is 0 Å². The first-order valence-electron chi connectivity index (χ1n) is 9.55. The molecular formula is C22H27N3O2. The fourth-order valence-electron chi connectivity index (χ4n) is 3.53. The van der Waals surface area contributed by atoms with Crippen LogP contribution in [0.2, 0.25) is 0 Å². The summed E-state index contributed by atoms with van der Waals surface area (Å²) in [7, 11) is 0. The summed E-state index contributed by atoms with van der Waals surface area (Å²) in [5, 5.41) is 8.73. The lowest BCUT2D eigenvalue weighted by Crippen LogP contribution is -2.51. The predicted molar refractivity (Wildman–Crippen MR) is 107 cm³/mol. The molecule has 0 saturated carbocycles. The zero-order chi connectivity index (χ0) is 19.2. The number of hydrogen-bond donors (Lipinski definition) is 3. The minimum Gasteiger partial charge on any atom is -0.347 e. The summed E-state index contributed by atoms with van der Waals surface area (Å²) in [6, 6.07) is 16.5. The molecule has 142 valence electrons. The second-order valence-electron chi connectivity index (χ2n) is 7.34. The molecular weight excluding hydrogens is 338 g/mol. The van der Waals surface area contributed by atoms with Gasteiger partial charge in [-0.3, -0.25) is 4.79 Å². The summed E-state index contributed by atoms with van der Waals surface area (Å²) < 4.78 is 0. The number of hydrogen-bond acceptors (Lipinski definition) is 2. The zero-order valence-corrected chi connectivity index (χ0v) is 15.9. The Bertz CT molecular complexity index is 789. The summed E-state index contributed by atoms with van der Waals surface area (Å²) in [6.45, 7) is 3.86. The molecule has 0 bridgehead atoms. The van der Waals surface area contributed by atoms with Crippen molar-refractivity contribution in [1.82, 2.24) is 10.6 Å². The Morgan fingerprint density at radius 2 is 1.70 bits per heavy atom. The number of fused-ring (bicyclic) bond motifs is 1. The van der Waals surface area contributed by atoms with E-state index in [2.05, 4.69) is 28.1 Å². The highest BCUT2D eigenvalue weighted by Crippen LogP contribution is 2.29. The summed E-state index contributed by atoms with van der Waals surface area (Å²) >= 11 is 0. The predicted octanol–water partition coefficient (Wildman–Crippen LogP) is 4.03. The number of carbonyl (C=O) groups excluding carboxylic acids is 2. The van der Waals surface area contributed by atoms with Crippen LogP contribution < -0.4 is 16.0 Å². The molecule has 0 spiro atoms.